The van der Waals surface area contributed by atoms with E-state index in [1.165, 1.54) is 9.40 Å². The number of aromatic nitrogens is 2. The molecule has 5 heteroatoms. The van der Waals surface area contributed by atoms with E-state index in [1.54, 1.807) is 22.7 Å². The van der Waals surface area contributed by atoms with Gasteiger partial charge in [-0.3, -0.25) is 0 Å². The standard InChI is InChI=1S/C8H6ClNS.C7H5NS/c1-5-10-7-4-6(9)2-3-8(7)11-5;1-2-4-7-6(3-1)8-5-9-7/h2-4H,1H3;1-5H. The molecule has 0 spiro atoms. The minimum atomic E-state index is 0.753. The van der Waals surface area contributed by atoms with Crippen LogP contribution in [0.15, 0.2) is 48.0 Å². The van der Waals surface area contributed by atoms with Crippen molar-refractivity contribution >= 4 is 54.7 Å². The van der Waals surface area contributed by atoms with E-state index in [1.807, 2.05) is 48.8 Å². The third-order valence-electron chi connectivity index (χ3n) is 2.69. The van der Waals surface area contributed by atoms with Gasteiger partial charge in [0.15, 0.2) is 0 Å². The van der Waals surface area contributed by atoms with Crippen LogP contribution in [0.1, 0.15) is 5.01 Å². The molecule has 0 N–H and O–H groups in total. The Hall–Kier alpha value is -1.49. The zero-order chi connectivity index (χ0) is 13.9. The van der Waals surface area contributed by atoms with Gasteiger partial charge < -0.3 is 0 Å². The summed E-state index contributed by atoms with van der Waals surface area (Å²) in [5, 5.41) is 1.84. The van der Waals surface area contributed by atoms with Gasteiger partial charge in [0.25, 0.3) is 0 Å². The molecule has 0 saturated carbocycles. The highest BCUT2D eigenvalue weighted by Gasteiger charge is 1.99. The van der Waals surface area contributed by atoms with E-state index < -0.39 is 0 Å². The molecule has 20 heavy (non-hydrogen) atoms. The molecule has 100 valence electrons. The Morgan fingerprint density at radius 2 is 1.85 bits per heavy atom. The molecule has 2 heterocycles. The highest BCUT2D eigenvalue weighted by Crippen LogP contribution is 2.23. The predicted octanol–water partition coefficient (Wildman–Crippen LogP) is 5.55. The van der Waals surface area contributed by atoms with E-state index in [0.29, 0.717) is 0 Å². The van der Waals surface area contributed by atoms with Crippen LogP contribution in [-0.4, -0.2) is 9.97 Å². The monoisotopic (exact) mass is 318 g/mol. The van der Waals surface area contributed by atoms with Crippen LogP contribution in [0.4, 0.5) is 0 Å². The van der Waals surface area contributed by atoms with E-state index >= 15 is 0 Å². The smallest absolute Gasteiger partial charge is 0.0907 e. The molecule has 4 rings (SSSR count). The van der Waals surface area contributed by atoms with Crippen LogP contribution in [-0.2, 0) is 0 Å². The molecule has 0 bridgehead atoms. The van der Waals surface area contributed by atoms with Crippen molar-refractivity contribution in [3.8, 4) is 0 Å². The largest absolute Gasteiger partial charge is 0.245 e. The normalized spacial score (nSPS) is 10.5. The van der Waals surface area contributed by atoms with Crippen molar-refractivity contribution in [1.29, 1.82) is 0 Å². The molecule has 0 unspecified atom stereocenters. The van der Waals surface area contributed by atoms with Crippen molar-refractivity contribution in [2.24, 2.45) is 0 Å². The summed E-state index contributed by atoms with van der Waals surface area (Å²) in [7, 11) is 0. The lowest BCUT2D eigenvalue weighted by molar-refractivity contribution is 1.35. The Bertz CT molecular complexity index is 821. The van der Waals surface area contributed by atoms with Gasteiger partial charge >= 0.3 is 0 Å². The van der Waals surface area contributed by atoms with Crippen LogP contribution in [0, 0.1) is 6.92 Å². The Balaban J connectivity index is 0.000000123. The molecular formula is C15H11ClN2S2. The molecule has 0 aliphatic heterocycles. The first-order chi connectivity index (χ1) is 9.72. The lowest BCUT2D eigenvalue weighted by atomic mass is 10.3. The van der Waals surface area contributed by atoms with E-state index in [-0.39, 0.29) is 0 Å². The van der Waals surface area contributed by atoms with Crippen LogP contribution >= 0.6 is 34.3 Å². The Morgan fingerprint density at radius 1 is 1.00 bits per heavy atom. The number of hydrogen-bond donors (Lipinski definition) is 0. The number of para-hydroxylation sites is 1. The molecule has 2 nitrogen and oxygen atoms in total. The average Bonchev–Trinajstić information content (AvgIpc) is 3.04. The van der Waals surface area contributed by atoms with Crippen molar-refractivity contribution in [2.75, 3.05) is 0 Å². The van der Waals surface area contributed by atoms with Gasteiger partial charge in [0.1, 0.15) is 0 Å². The van der Waals surface area contributed by atoms with Crippen molar-refractivity contribution in [1.82, 2.24) is 9.97 Å². The second-order valence-electron chi connectivity index (χ2n) is 4.17. The third kappa shape index (κ3) is 2.98. The number of fused-ring (bicyclic) bond motifs is 2. The van der Waals surface area contributed by atoms with Crippen molar-refractivity contribution in [3.63, 3.8) is 0 Å². The number of halogens is 1. The SMILES string of the molecule is Cc1nc2cc(Cl)ccc2s1.c1ccc2scnc2c1. The molecular weight excluding hydrogens is 308 g/mol. The van der Waals surface area contributed by atoms with Gasteiger partial charge in [0.05, 0.1) is 31.0 Å². The number of benzene rings is 2. The molecule has 2 aromatic carbocycles. The maximum atomic E-state index is 5.79. The summed E-state index contributed by atoms with van der Waals surface area (Å²) in [6.07, 6.45) is 0. The fourth-order valence-electron chi connectivity index (χ4n) is 1.82. The average molecular weight is 319 g/mol. The summed E-state index contributed by atoms with van der Waals surface area (Å²) in [5.74, 6) is 0. The summed E-state index contributed by atoms with van der Waals surface area (Å²) in [4.78, 5) is 8.45. The second kappa shape index (κ2) is 5.87. The van der Waals surface area contributed by atoms with Gasteiger partial charge in [-0.15, -0.1) is 22.7 Å². The van der Waals surface area contributed by atoms with Crippen molar-refractivity contribution in [3.05, 3.63) is 58.0 Å². The van der Waals surface area contributed by atoms with E-state index in [0.717, 1.165) is 21.1 Å². The van der Waals surface area contributed by atoms with E-state index in [2.05, 4.69) is 16.0 Å². The summed E-state index contributed by atoms with van der Waals surface area (Å²) in [6, 6.07) is 13.9. The number of aryl methyl sites for hydroxylation is 1. The zero-order valence-corrected chi connectivity index (χ0v) is 13.1. The Morgan fingerprint density at radius 3 is 2.70 bits per heavy atom. The molecule has 0 radical (unpaired) electrons. The molecule has 2 aromatic heterocycles. The van der Waals surface area contributed by atoms with Gasteiger partial charge in [0, 0.05) is 5.02 Å². The summed E-state index contributed by atoms with van der Waals surface area (Å²) < 4.78 is 2.46. The molecule has 0 fully saturated rings. The third-order valence-corrected chi connectivity index (χ3v) is 4.69. The van der Waals surface area contributed by atoms with E-state index in [9.17, 15) is 0 Å². The van der Waals surface area contributed by atoms with Crippen LogP contribution in [0.5, 0.6) is 0 Å². The molecule has 4 aromatic rings. The van der Waals surface area contributed by atoms with Crippen molar-refractivity contribution < 1.29 is 0 Å². The first-order valence-electron chi connectivity index (χ1n) is 6.03. The lowest BCUT2D eigenvalue weighted by Gasteiger charge is -1.86. The summed E-state index contributed by atoms with van der Waals surface area (Å²) in [6.45, 7) is 2.00. The van der Waals surface area contributed by atoms with Crippen LogP contribution in [0.3, 0.4) is 0 Å². The highest BCUT2D eigenvalue weighted by atomic mass is 35.5. The molecule has 0 amide bonds. The highest BCUT2D eigenvalue weighted by molar-refractivity contribution is 7.18. The van der Waals surface area contributed by atoms with Crippen LogP contribution in [0.25, 0.3) is 20.4 Å². The summed E-state index contributed by atoms with van der Waals surface area (Å²) in [5.41, 5.74) is 3.97. The van der Waals surface area contributed by atoms with Crippen LogP contribution < -0.4 is 0 Å². The second-order valence-corrected chi connectivity index (χ2v) is 6.72. The quantitative estimate of drug-likeness (QED) is 0.424. The summed E-state index contributed by atoms with van der Waals surface area (Å²) >= 11 is 9.16. The first kappa shape index (κ1) is 13.5. The van der Waals surface area contributed by atoms with Crippen molar-refractivity contribution in [2.45, 2.75) is 6.92 Å². The van der Waals surface area contributed by atoms with Gasteiger partial charge in [-0.1, -0.05) is 23.7 Å². The Kier molecular flexibility index (Phi) is 3.96. The van der Waals surface area contributed by atoms with Gasteiger partial charge in [-0.05, 0) is 37.3 Å². The van der Waals surface area contributed by atoms with E-state index in [4.69, 9.17) is 11.6 Å². The molecule has 0 aliphatic rings. The number of rotatable bonds is 0. The lowest BCUT2D eigenvalue weighted by Crippen LogP contribution is -1.67. The van der Waals surface area contributed by atoms with Crippen LogP contribution in [0.2, 0.25) is 5.02 Å². The minimum Gasteiger partial charge on any atom is -0.245 e. The maximum Gasteiger partial charge on any atom is 0.0907 e. The topological polar surface area (TPSA) is 25.8 Å². The number of nitrogens with zero attached hydrogens (tertiary/aromatic N) is 2. The zero-order valence-electron chi connectivity index (χ0n) is 10.7. The maximum absolute atomic E-state index is 5.79. The number of thiazole rings is 2. The molecule has 0 aliphatic carbocycles. The fraction of sp³-hybridized carbons (Fsp3) is 0.0667. The van der Waals surface area contributed by atoms with Gasteiger partial charge in [-0.25, -0.2) is 9.97 Å². The predicted molar refractivity (Wildman–Crippen MR) is 89.0 cm³/mol. The minimum absolute atomic E-state index is 0.753. The first-order valence-corrected chi connectivity index (χ1v) is 8.11. The van der Waals surface area contributed by atoms with Gasteiger partial charge in [-0.2, -0.15) is 0 Å². The number of hydrogen-bond acceptors (Lipinski definition) is 4. The molecule has 0 atom stereocenters. The fourth-order valence-corrected chi connectivity index (χ4v) is 3.47. The Labute approximate surface area is 129 Å². The molecule has 0 saturated heterocycles. The van der Waals surface area contributed by atoms with Gasteiger partial charge in [0.2, 0.25) is 0 Å².